The largest absolute Gasteiger partial charge is 0.508 e. The molecule has 81 heavy (non-hydrogen) atoms. The highest BCUT2D eigenvalue weighted by Crippen LogP contribution is 2.38. The van der Waals surface area contributed by atoms with Gasteiger partial charge in [-0.2, -0.15) is 0 Å². The number of aliphatic hydroxyl groups is 6. The molecule has 0 radical (unpaired) electrons. The minimum absolute atomic E-state index is 0.0199. The molecule has 12 N–H and O–H groups in total. The maximum Gasteiger partial charge on any atom is 0.325 e. The van der Waals surface area contributed by atoms with Crippen LogP contribution < -0.4 is 21.8 Å². The number of hydrazine groups is 1. The number of hydrogen-bond acceptors (Lipinski definition) is 16. The Balaban J connectivity index is 1.59. The number of amides is 4. The molecular weight excluding hydrogens is 1050 g/mol. The highest BCUT2D eigenvalue weighted by molar-refractivity contribution is 5.93. The third-order valence-corrected chi connectivity index (χ3v) is 16.8. The second-order valence-corrected chi connectivity index (χ2v) is 23.7. The molecule has 0 saturated carbocycles. The number of cyclic esters (lactones) is 1. The van der Waals surface area contributed by atoms with Gasteiger partial charge in [0.1, 0.15) is 41.6 Å². The van der Waals surface area contributed by atoms with Crippen LogP contribution in [-0.2, 0) is 44.7 Å². The maximum atomic E-state index is 14.6. The number of fused-ring (bicyclic) bond motifs is 2. The summed E-state index contributed by atoms with van der Waals surface area (Å²) < 4.78 is 27.2. The van der Waals surface area contributed by atoms with Crippen molar-refractivity contribution >= 4 is 35.4 Å². The number of hydrogen-bond donors (Lipinski definition) is 11. The zero-order valence-corrected chi connectivity index (χ0v) is 49.0. The summed E-state index contributed by atoms with van der Waals surface area (Å²) in [5.74, 6) is -9.16. The lowest BCUT2D eigenvalue weighted by atomic mass is 9.75. The number of Topliss-reactive ketones (excluding diaryl/α,β-unsaturated/α-hetero) is 1. The van der Waals surface area contributed by atoms with Crippen LogP contribution in [0.2, 0.25) is 0 Å². The van der Waals surface area contributed by atoms with Crippen molar-refractivity contribution in [3.8, 4) is 5.75 Å². The molecule has 0 aliphatic carbocycles. The van der Waals surface area contributed by atoms with Crippen LogP contribution in [0.25, 0.3) is 0 Å². The maximum absolute atomic E-state index is 14.6. The number of esters is 1. The molecule has 4 amide bonds. The average molecular weight is 1140 g/mol. The molecule has 2 saturated heterocycles. The Hall–Kier alpha value is -5.13. The van der Waals surface area contributed by atoms with Gasteiger partial charge in [0.05, 0.1) is 54.7 Å². The van der Waals surface area contributed by atoms with E-state index in [4.69, 9.17) is 15.2 Å². The molecule has 0 aromatic heterocycles. The Morgan fingerprint density at radius 2 is 1.59 bits per heavy atom. The number of carbonyl (C=O) groups is 6. The molecule has 3 aliphatic heterocycles. The molecule has 3 unspecified atom stereocenters. The zero-order chi connectivity index (χ0) is 60.6. The third kappa shape index (κ3) is 20.0. The van der Waals surface area contributed by atoms with Gasteiger partial charge in [0, 0.05) is 62.0 Å². The van der Waals surface area contributed by atoms with Crippen molar-refractivity contribution < 1.29 is 78.4 Å². The van der Waals surface area contributed by atoms with Gasteiger partial charge >= 0.3 is 5.97 Å². The van der Waals surface area contributed by atoms with Crippen LogP contribution >= 0.6 is 0 Å². The van der Waals surface area contributed by atoms with Crippen molar-refractivity contribution in [2.24, 2.45) is 53.1 Å². The quantitative estimate of drug-likeness (QED) is 0.0654. The summed E-state index contributed by atoms with van der Waals surface area (Å²) in [6, 6.07) is -0.675. The van der Waals surface area contributed by atoms with Crippen LogP contribution in [0.3, 0.4) is 0 Å². The fourth-order valence-electron chi connectivity index (χ4n) is 11.2. The van der Waals surface area contributed by atoms with Gasteiger partial charge in [0.15, 0.2) is 0 Å². The highest BCUT2D eigenvalue weighted by Gasteiger charge is 2.45. The van der Waals surface area contributed by atoms with E-state index in [0.717, 1.165) is 17.1 Å². The van der Waals surface area contributed by atoms with Gasteiger partial charge in [-0.05, 0) is 99.8 Å². The number of phenolic OH excluding ortho intramolecular Hbond substituents is 1. The predicted molar refractivity (Wildman–Crippen MR) is 300 cm³/mol. The number of phenols is 1. The smallest absolute Gasteiger partial charge is 0.325 e. The molecule has 0 spiro atoms. The molecule has 21 heteroatoms. The molecule has 3 heterocycles. The van der Waals surface area contributed by atoms with Crippen LogP contribution in [0.1, 0.15) is 139 Å². The van der Waals surface area contributed by atoms with Gasteiger partial charge < -0.3 is 66.4 Å². The van der Waals surface area contributed by atoms with Gasteiger partial charge in [-0.25, -0.2) is 9.82 Å². The third-order valence-electron chi connectivity index (χ3n) is 16.8. The van der Waals surface area contributed by atoms with Crippen LogP contribution in [0.5, 0.6) is 5.75 Å². The summed E-state index contributed by atoms with van der Waals surface area (Å²) in [4.78, 5) is 81.2. The minimum Gasteiger partial charge on any atom is -0.508 e. The van der Waals surface area contributed by atoms with Crippen molar-refractivity contribution in [3.05, 3.63) is 65.5 Å². The number of ketones is 1. The number of nitrogens with two attached hydrogens (primary N) is 1. The molecular formula is C60H94FN5O15. The van der Waals surface area contributed by atoms with Crippen LogP contribution in [0, 0.1) is 53.2 Å². The Morgan fingerprint density at radius 3 is 2.22 bits per heavy atom. The number of primary amides is 1. The Kier molecular flexibility index (Phi) is 27.1. The number of allylic oxidation sites excluding steroid dienone is 2. The van der Waals surface area contributed by atoms with Crippen LogP contribution in [0.15, 0.2) is 54.2 Å². The average Bonchev–Trinajstić information content (AvgIpc) is 3.49. The lowest BCUT2D eigenvalue weighted by Gasteiger charge is -2.46. The highest BCUT2D eigenvalue weighted by atomic mass is 19.1. The fourth-order valence-corrected chi connectivity index (χ4v) is 11.2. The van der Waals surface area contributed by atoms with E-state index in [-0.39, 0.29) is 104 Å². The monoisotopic (exact) mass is 1140 g/mol. The van der Waals surface area contributed by atoms with E-state index in [1.807, 2.05) is 34.6 Å². The van der Waals surface area contributed by atoms with Gasteiger partial charge in [-0.1, -0.05) is 85.8 Å². The van der Waals surface area contributed by atoms with Crippen molar-refractivity contribution in [1.82, 2.24) is 21.1 Å². The topological polar surface area (TPSA) is 328 Å². The van der Waals surface area contributed by atoms with E-state index in [1.54, 1.807) is 32.9 Å². The number of ether oxygens (including phenoxy) is 2. The number of nitrogens with zero attached hydrogens (tertiary/aromatic N) is 1. The van der Waals surface area contributed by atoms with Gasteiger partial charge in [0.2, 0.25) is 17.7 Å². The lowest BCUT2D eigenvalue weighted by Crippen LogP contribution is -2.62. The first kappa shape index (κ1) is 68.4. The predicted octanol–water partition coefficient (Wildman–Crippen LogP) is 3.74. The number of aromatic hydroxyl groups is 1. The Morgan fingerprint density at radius 1 is 0.901 bits per heavy atom. The summed E-state index contributed by atoms with van der Waals surface area (Å²) in [6.45, 7) is 17.3. The normalized spacial score (nSPS) is 31.9. The molecule has 19 atom stereocenters. The number of nitrogens with one attached hydrogen (secondary N) is 3. The number of carbonyl (C=O) groups excluding carboxylic acids is 6. The molecule has 2 fully saturated rings. The molecule has 1 aromatic carbocycles. The van der Waals surface area contributed by atoms with E-state index in [0.29, 0.717) is 31.3 Å². The summed E-state index contributed by atoms with van der Waals surface area (Å²) in [5, 5.41) is 84.9. The number of halogens is 1. The molecule has 456 valence electrons. The standard InChI is InChI=1S/C60H94FN5O15/c1-11-40(56(62)75)24-34(6)55-38(10)53(73)37(9)51(80-55)30-48(71)32(4)19-22-47(70)49(72)25-33(5)50-18-14-12-13-17-46(69)36(8)54(74)43(21-20-35(7)67)57(76)64-52(31(2)3)58(77)63-45(28-39-26-41(61)29-42(68)27-39)59(78)66-23-15-16-44(65-66)60(79)81-50/h12-14,17,25-27,29,31-32,34,36-38,40,43-55,65,68-74H,11,15-16,18-24,28,30H2,1-10H3,(H2,62,75)(H,63,77)(H,64,76)/b14-12+,17-13+,33-25+/t32-,34-,36-,37-,38-,40-,43+,44?,45-,46-,47?,48-,49?,50-,51-,52-,53-,54+,55+/m0/s1. The van der Waals surface area contributed by atoms with Gasteiger partial charge in [0.25, 0.3) is 5.91 Å². The van der Waals surface area contributed by atoms with E-state index in [2.05, 4.69) is 16.1 Å². The number of rotatable bonds is 20. The van der Waals surface area contributed by atoms with Crippen molar-refractivity contribution in [3.63, 3.8) is 0 Å². The zero-order valence-electron chi connectivity index (χ0n) is 49.0. The van der Waals surface area contributed by atoms with Crippen LogP contribution in [-0.4, -0.2) is 156 Å². The van der Waals surface area contributed by atoms with Gasteiger partial charge in [-0.3, -0.25) is 29.0 Å². The second-order valence-electron chi connectivity index (χ2n) is 23.7. The summed E-state index contributed by atoms with van der Waals surface area (Å²) >= 11 is 0. The first-order valence-electron chi connectivity index (χ1n) is 29.0. The molecule has 20 nitrogen and oxygen atoms in total. The SMILES string of the molecule is CC[C@@H](C[C@H](C)[C@H]1O[C@@H](C[C@H](O)[C@@H](C)CCC(O)C(O)/C=C(\C)[C@@H]2C/C=C/C=C/[C@H](O)[C@H](C)[C@@H](O)[C@@H](CCC(C)=O)C(=O)N[C@@H](C(C)C)C(=O)N[C@@H](Cc3cc(O)cc(F)c3)C(=O)N3CCCC(N3)C(=O)O2)[C@H](C)[C@H](O)[C@@H]1C)C(N)=O. The van der Waals surface area contributed by atoms with Crippen molar-refractivity contribution in [1.29, 1.82) is 0 Å². The number of aliphatic hydroxyl groups excluding tert-OH is 6. The van der Waals surface area contributed by atoms with Crippen molar-refractivity contribution in [2.45, 2.75) is 213 Å². The Labute approximate surface area is 477 Å². The van der Waals surface area contributed by atoms with Crippen LogP contribution in [0.4, 0.5) is 4.39 Å². The molecule has 1 aromatic rings. The van der Waals surface area contributed by atoms with E-state index >= 15 is 0 Å². The summed E-state index contributed by atoms with van der Waals surface area (Å²) in [7, 11) is 0. The van der Waals surface area contributed by atoms with E-state index in [9.17, 15) is 68.9 Å². The molecule has 4 rings (SSSR count). The van der Waals surface area contributed by atoms with Gasteiger partial charge in [-0.15, -0.1) is 0 Å². The summed E-state index contributed by atoms with van der Waals surface area (Å²) in [5.41, 5.74) is 9.04. The molecule has 3 aliphatic rings. The first-order valence-corrected chi connectivity index (χ1v) is 29.0. The lowest BCUT2D eigenvalue weighted by molar-refractivity contribution is -0.190. The minimum atomic E-state index is -1.51. The molecule has 2 bridgehead atoms. The first-order chi connectivity index (χ1) is 38.0. The Bertz CT molecular complexity index is 2330. The fraction of sp³-hybridized carbons (Fsp3) is 0.700. The number of benzene rings is 1. The summed E-state index contributed by atoms with van der Waals surface area (Å²) in [6.07, 6.45) is -0.0315. The second kappa shape index (κ2) is 32.1. The van der Waals surface area contributed by atoms with Crippen molar-refractivity contribution in [2.75, 3.05) is 6.54 Å². The van der Waals surface area contributed by atoms with E-state index in [1.165, 1.54) is 38.1 Å². The van der Waals surface area contributed by atoms with E-state index < -0.39 is 120 Å².